The maximum atomic E-state index is 13.6. The minimum Gasteiger partial charge on any atom is -0.486 e. The Morgan fingerprint density at radius 1 is 1.29 bits per heavy atom. The molecule has 7 heteroatoms. The van der Waals surface area contributed by atoms with Gasteiger partial charge in [0, 0.05) is 19.6 Å². The zero-order chi connectivity index (χ0) is 17.1. The van der Waals surface area contributed by atoms with Gasteiger partial charge in [-0.25, -0.2) is 9.38 Å². The van der Waals surface area contributed by atoms with Crippen LogP contribution < -0.4 is 15.4 Å². The monoisotopic (exact) mass is 452 g/mol. The summed E-state index contributed by atoms with van der Waals surface area (Å²) in [6, 6.07) is 6.41. The summed E-state index contributed by atoms with van der Waals surface area (Å²) in [6.45, 7) is 10.1. The van der Waals surface area contributed by atoms with Crippen molar-refractivity contribution < 1.29 is 9.13 Å². The SMILES string of the molecule is CCNC(=NCC(C)Oc1ccccc1F)NCCN(C)CC.I. The molecule has 0 aliphatic heterocycles. The fourth-order valence-corrected chi connectivity index (χ4v) is 1.88. The fraction of sp³-hybridized carbons (Fsp3) is 0.588. The van der Waals surface area contributed by atoms with Crippen LogP contribution in [0.15, 0.2) is 29.3 Å². The fourth-order valence-electron chi connectivity index (χ4n) is 1.88. The largest absolute Gasteiger partial charge is 0.486 e. The molecule has 0 fully saturated rings. The molecule has 1 aromatic rings. The second-order valence-electron chi connectivity index (χ2n) is 5.40. The molecule has 24 heavy (non-hydrogen) atoms. The van der Waals surface area contributed by atoms with E-state index in [-0.39, 0.29) is 41.6 Å². The lowest BCUT2D eigenvalue weighted by atomic mass is 10.3. The summed E-state index contributed by atoms with van der Waals surface area (Å²) in [4.78, 5) is 6.71. The van der Waals surface area contributed by atoms with Crippen LogP contribution in [0.1, 0.15) is 20.8 Å². The highest BCUT2D eigenvalue weighted by Crippen LogP contribution is 2.16. The third-order valence-corrected chi connectivity index (χ3v) is 3.34. The zero-order valence-electron chi connectivity index (χ0n) is 15.0. The molecule has 0 aromatic heterocycles. The van der Waals surface area contributed by atoms with Crippen LogP contribution >= 0.6 is 24.0 Å². The second-order valence-corrected chi connectivity index (χ2v) is 5.40. The first kappa shape index (κ1) is 22.9. The maximum Gasteiger partial charge on any atom is 0.191 e. The predicted octanol–water partition coefficient (Wildman–Crippen LogP) is 2.72. The van der Waals surface area contributed by atoms with Crippen molar-refractivity contribution in [2.24, 2.45) is 4.99 Å². The molecule has 1 atom stereocenters. The summed E-state index contributed by atoms with van der Waals surface area (Å²) in [5, 5.41) is 6.48. The van der Waals surface area contributed by atoms with E-state index >= 15 is 0 Å². The summed E-state index contributed by atoms with van der Waals surface area (Å²) in [7, 11) is 2.08. The summed E-state index contributed by atoms with van der Waals surface area (Å²) >= 11 is 0. The van der Waals surface area contributed by atoms with Gasteiger partial charge < -0.3 is 20.3 Å². The third-order valence-electron chi connectivity index (χ3n) is 3.34. The number of guanidine groups is 1. The molecule has 1 unspecified atom stereocenters. The number of aliphatic imine (C=N–C) groups is 1. The van der Waals surface area contributed by atoms with Crippen LogP contribution in [-0.2, 0) is 0 Å². The van der Waals surface area contributed by atoms with Crippen LogP contribution in [0.3, 0.4) is 0 Å². The molecule has 0 aliphatic carbocycles. The first-order valence-electron chi connectivity index (χ1n) is 8.18. The van der Waals surface area contributed by atoms with Crippen molar-refractivity contribution in [2.45, 2.75) is 26.9 Å². The van der Waals surface area contributed by atoms with Crippen LogP contribution in [0.5, 0.6) is 5.75 Å². The van der Waals surface area contributed by atoms with Gasteiger partial charge in [-0.05, 0) is 39.6 Å². The first-order chi connectivity index (χ1) is 11.1. The summed E-state index contributed by atoms with van der Waals surface area (Å²) in [5.74, 6) is 0.662. The lowest BCUT2D eigenvalue weighted by Crippen LogP contribution is -2.41. The Balaban J connectivity index is 0.00000529. The molecule has 0 amide bonds. The molecule has 1 rings (SSSR count). The minimum absolute atomic E-state index is 0. The van der Waals surface area contributed by atoms with Gasteiger partial charge in [0.15, 0.2) is 17.5 Å². The number of ether oxygens (including phenoxy) is 1. The van der Waals surface area contributed by atoms with Crippen molar-refractivity contribution in [3.8, 4) is 5.75 Å². The van der Waals surface area contributed by atoms with Gasteiger partial charge in [-0.2, -0.15) is 0 Å². The molecule has 0 heterocycles. The number of hydrogen-bond acceptors (Lipinski definition) is 3. The number of benzene rings is 1. The molecule has 0 aliphatic rings. The number of para-hydroxylation sites is 1. The van der Waals surface area contributed by atoms with E-state index in [0.29, 0.717) is 6.54 Å². The highest BCUT2D eigenvalue weighted by atomic mass is 127. The van der Waals surface area contributed by atoms with Crippen molar-refractivity contribution in [3.63, 3.8) is 0 Å². The molecule has 0 radical (unpaired) electrons. The van der Waals surface area contributed by atoms with Crippen LogP contribution in [0, 0.1) is 5.82 Å². The normalized spacial score (nSPS) is 12.5. The van der Waals surface area contributed by atoms with Gasteiger partial charge in [-0.3, -0.25) is 0 Å². The highest BCUT2D eigenvalue weighted by Gasteiger charge is 2.08. The van der Waals surface area contributed by atoms with Gasteiger partial charge in [-0.1, -0.05) is 19.1 Å². The second kappa shape index (κ2) is 13.2. The predicted molar refractivity (Wildman–Crippen MR) is 109 cm³/mol. The number of nitrogens with zero attached hydrogens (tertiary/aromatic N) is 2. The quantitative estimate of drug-likeness (QED) is 0.344. The Morgan fingerprint density at radius 3 is 2.62 bits per heavy atom. The first-order valence-corrected chi connectivity index (χ1v) is 8.18. The molecule has 2 N–H and O–H groups in total. The van der Waals surface area contributed by atoms with Gasteiger partial charge in [0.05, 0.1) is 6.54 Å². The van der Waals surface area contributed by atoms with Crippen LogP contribution in [0.25, 0.3) is 0 Å². The van der Waals surface area contributed by atoms with Crippen LogP contribution in [-0.4, -0.2) is 56.7 Å². The van der Waals surface area contributed by atoms with Crippen molar-refractivity contribution in [1.29, 1.82) is 0 Å². The van der Waals surface area contributed by atoms with E-state index in [1.807, 2.05) is 13.8 Å². The van der Waals surface area contributed by atoms with Gasteiger partial charge in [0.25, 0.3) is 0 Å². The number of halogens is 2. The Kier molecular flexibility index (Phi) is 12.6. The van der Waals surface area contributed by atoms with E-state index in [0.717, 1.165) is 32.1 Å². The average Bonchev–Trinajstić information content (AvgIpc) is 2.54. The van der Waals surface area contributed by atoms with Crippen molar-refractivity contribution in [3.05, 3.63) is 30.1 Å². The minimum atomic E-state index is -0.351. The third kappa shape index (κ3) is 9.27. The molecule has 0 saturated heterocycles. The summed E-state index contributed by atoms with van der Waals surface area (Å²) in [5.41, 5.74) is 0. The van der Waals surface area contributed by atoms with Crippen molar-refractivity contribution in [1.82, 2.24) is 15.5 Å². The van der Waals surface area contributed by atoms with Gasteiger partial charge >= 0.3 is 0 Å². The van der Waals surface area contributed by atoms with Gasteiger partial charge in [0.2, 0.25) is 0 Å². The molecule has 5 nitrogen and oxygen atoms in total. The molecule has 138 valence electrons. The maximum absolute atomic E-state index is 13.6. The molecule has 1 aromatic carbocycles. The number of rotatable bonds is 9. The molecule has 0 bridgehead atoms. The standard InChI is InChI=1S/C17H29FN4O.HI/c1-5-19-17(20-11-12-22(4)6-2)21-13-14(3)23-16-10-8-7-9-15(16)18;/h7-10,14H,5-6,11-13H2,1-4H3,(H2,19,20,21);1H. The molecular formula is C17H30FIN4O. The van der Waals surface area contributed by atoms with Gasteiger partial charge in [-0.15, -0.1) is 24.0 Å². The van der Waals surface area contributed by atoms with E-state index in [1.54, 1.807) is 18.2 Å². The topological polar surface area (TPSA) is 48.9 Å². The van der Waals surface area contributed by atoms with Crippen LogP contribution in [0.4, 0.5) is 4.39 Å². The van der Waals surface area contributed by atoms with E-state index < -0.39 is 0 Å². The highest BCUT2D eigenvalue weighted by molar-refractivity contribution is 14.0. The number of nitrogens with one attached hydrogen (secondary N) is 2. The molecule has 0 saturated carbocycles. The summed E-state index contributed by atoms with van der Waals surface area (Å²) in [6.07, 6.45) is -0.208. The summed E-state index contributed by atoms with van der Waals surface area (Å²) < 4.78 is 19.1. The lowest BCUT2D eigenvalue weighted by molar-refractivity contribution is 0.220. The van der Waals surface area contributed by atoms with E-state index in [9.17, 15) is 4.39 Å². The van der Waals surface area contributed by atoms with Gasteiger partial charge in [0.1, 0.15) is 6.10 Å². The van der Waals surface area contributed by atoms with Crippen molar-refractivity contribution >= 4 is 29.9 Å². The average molecular weight is 452 g/mol. The van der Waals surface area contributed by atoms with Crippen molar-refractivity contribution in [2.75, 3.05) is 39.8 Å². The smallest absolute Gasteiger partial charge is 0.191 e. The van der Waals surface area contributed by atoms with Crippen LogP contribution in [0.2, 0.25) is 0 Å². The Hall–Kier alpha value is -1.09. The number of hydrogen-bond donors (Lipinski definition) is 2. The van der Waals surface area contributed by atoms with E-state index in [1.165, 1.54) is 6.07 Å². The van der Waals surface area contributed by atoms with E-state index in [2.05, 4.69) is 34.5 Å². The Bertz CT molecular complexity index is 487. The Labute approximate surface area is 162 Å². The molecule has 0 spiro atoms. The lowest BCUT2D eigenvalue weighted by Gasteiger charge is -2.17. The number of likely N-dealkylation sites (N-methyl/N-ethyl adjacent to an activating group) is 1. The van der Waals surface area contributed by atoms with E-state index in [4.69, 9.17) is 4.74 Å². The molecular weight excluding hydrogens is 422 g/mol. The zero-order valence-corrected chi connectivity index (χ0v) is 17.3. The Morgan fingerprint density at radius 2 is 2.00 bits per heavy atom.